The average Bonchev–Trinajstić information content (AvgIpc) is 3.10. The first-order valence-electron chi connectivity index (χ1n) is 6.84. The Morgan fingerprint density at radius 3 is 2.61 bits per heavy atom. The molecular formula is C16H14N4O2S. The maximum Gasteiger partial charge on any atom is 0.274 e. The predicted molar refractivity (Wildman–Crippen MR) is 88.1 cm³/mol. The van der Waals surface area contributed by atoms with E-state index in [0.717, 1.165) is 5.69 Å². The Kier molecular flexibility index (Phi) is 4.29. The van der Waals surface area contributed by atoms with Crippen LogP contribution in [0.15, 0.2) is 66.0 Å². The van der Waals surface area contributed by atoms with Crippen molar-refractivity contribution in [3.63, 3.8) is 0 Å². The topological polar surface area (TPSA) is 76.9 Å². The van der Waals surface area contributed by atoms with Gasteiger partial charge in [-0.15, -0.1) is 0 Å². The molecule has 0 fully saturated rings. The molecule has 116 valence electrons. The number of carbonyl (C=O) groups is 1. The van der Waals surface area contributed by atoms with Crippen molar-refractivity contribution in [2.45, 2.75) is 4.90 Å². The number of nitrogens with one attached hydrogen (secondary N) is 1. The van der Waals surface area contributed by atoms with Crippen LogP contribution in [0.2, 0.25) is 0 Å². The van der Waals surface area contributed by atoms with Gasteiger partial charge in [0.1, 0.15) is 5.69 Å². The minimum atomic E-state index is -1.04. The number of rotatable bonds is 4. The Morgan fingerprint density at radius 1 is 1.17 bits per heavy atom. The lowest BCUT2D eigenvalue weighted by Crippen LogP contribution is -2.14. The van der Waals surface area contributed by atoms with E-state index < -0.39 is 10.8 Å². The predicted octanol–water partition coefficient (Wildman–Crippen LogP) is 2.26. The zero-order valence-electron chi connectivity index (χ0n) is 12.3. The van der Waals surface area contributed by atoms with Gasteiger partial charge in [0, 0.05) is 46.2 Å². The van der Waals surface area contributed by atoms with Gasteiger partial charge < -0.3 is 5.32 Å². The second-order valence-electron chi connectivity index (χ2n) is 4.78. The van der Waals surface area contributed by atoms with E-state index in [-0.39, 0.29) is 5.91 Å². The van der Waals surface area contributed by atoms with E-state index in [1.807, 2.05) is 0 Å². The zero-order valence-corrected chi connectivity index (χ0v) is 13.2. The molecule has 0 radical (unpaired) electrons. The molecule has 0 bridgehead atoms. The average molecular weight is 326 g/mol. The Bertz CT molecular complexity index is 845. The number of nitrogens with zero attached hydrogens (tertiary/aromatic N) is 3. The third-order valence-electron chi connectivity index (χ3n) is 3.19. The molecular weight excluding hydrogens is 312 g/mol. The molecule has 1 unspecified atom stereocenters. The smallest absolute Gasteiger partial charge is 0.274 e. The van der Waals surface area contributed by atoms with E-state index in [1.54, 1.807) is 72.0 Å². The zero-order chi connectivity index (χ0) is 16.2. The molecule has 0 saturated heterocycles. The quantitative estimate of drug-likeness (QED) is 0.798. The van der Waals surface area contributed by atoms with Crippen molar-refractivity contribution < 1.29 is 9.00 Å². The van der Waals surface area contributed by atoms with Crippen molar-refractivity contribution in [2.24, 2.45) is 0 Å². The van der Waals surface area contributed by atoms with Crippen molar-refractivity contribution in [1.29, 1.82) is 0 Å². The number of pyridine rings is 1. The Balaban J connectivity index is 1.78. The van der Waals surface area contributed by atoms with Gasteiger partial charge >= 0.3 is 0 Å². The molecule has 0 aliphatic heterocycles. The Labute approximate surface area is 135 Å². The highest BCUT2D eigenvalue weighted by molar-refractivity contribution is 7.84. The summed E-state index contributed by atoms with van der Waals surface area (Å²) < 4.78 is 13.0. The molecule has 1 N–H and O–H groups in total. The van der Waals surface area contributed by atoms with Gasteiger partial charge in [0.2, 0.25) is 0 Å². The highest BCUT2D eigenvalue weighted by atomic mass is 32.2. The van der Waals surface area contributed by atoms with Crippen LogP contribution in [-0.4, -0.2) is 31.1 Å². The van der Waals surface area contributed by atoms with E-state index in [4.69, 9.17) is 0 Å². The molecule has 2 aromatic heterocycles. The number of anilines is 1. The fourth-order valence-corrected chi connectivity index (χ4v) is 2.55. The molecule has 0 aliphatic rings. The van der Waals surface area contributed by atoms with Crippen LogP contribution in [0.3, 0.4) is 0 Å². The van der Waals surface area contributed by atoms with Crippen LogP contribution < -0.4 is 5.32 Å². The molecule has 7 heteroatoms. The molecule has 6 nitrogen and oxygen atoms in total. The first kappa shape index (κ1) is 15.1. The molecule has 0 aliphatic carbocycles. The number of carbonyl (C=O) groups excluding carboxylic acids is 1. The second-order valence-corrected chi connectivity index (χ2v) is 6.16. The number of benzene rings is 1. The summed E-state index contributed by atoms with van der Waals surface area (Å²) in [6, 6.07) is 12.1. The largest absolute Gasteiger partial charge is 0.321 e. The van der Waals surface area contributed by atoms with E-state index >= 15 is 0 Å². The molecule has 3 rings (SSSR count). The molecule has 23 heavy (non-hydrogen) atoms. The molecule has 1 atom stereocenters. The summed E-state index contributed by atoms with van der Waals surface area (Å²) in [7, 11) is -1.04. The minimum absolute atomic E-state index is 0.293. The lowest BCUT2D eigenvalue weighted by molar-refractivity contribution is 0.102. The third-order valence-corrected chi connectivity index (χ3v) is 4.13. The van der Waals surface area contributed by atoms with Crippen molar-refractivity contribution in [2.75, 3.05) is 11.6 Å². The molecule has 2 heterocycles. The van der Waals surface area contributed by atoms with Gasteiger partial charge in [0.05, 0.1) is 5.69 Å². The summed E-state index contributed by atoms with van der Waals surface area (Å²) in [5.41, 5.74) is 1.67. The summed E-state index contributed by atoms with van der Waals surface area (Å²) in [5, 5.41) is 6.89. The van der Waals surface area contributed by atoms with Gasteiger partial charge in [0.15, 0.2) is 0 Å². The molecule has 0 saturated carbocycles. The Hall–Kier alpha value is -2.80. The molecule has 1 amide bonds. The van der Waals surface area contributed by atoms with Gasteiger partial charge in [-0.1, -0.05) is 0 Å². The maximum absolute atomic E-state index is 12.3. The minimum Gasteiger partial charge on any atom is -0.321 e. The highest BCUT2D eigenvalue weighted by Gasteiger charge is 2.09. The fourth-order valence-electron chi connectivity index (χ4n) is 2.03. The lowest BCUT2D eigenvalue weighted by Gasteiger charge is -2.07. The number of amides is 1. The van der Waals surface area contributed by atoms with Gasteiger partial charge in [-0.05, 0) is 42.5 Å². The fraction of sp³-hybridized carbons (Fsp3) is 0.0625. The molecule has 0 spiro atoms. The van der Waals surface area contributed by atoms with Crippen molar-refractivity contribution in [3.8, 4) is 5.69 Å². The second kappa shape index (κ2) is 6.53. The van der Waals surface area contributed by atoms with E-state index in [2.05, 4.69) is 15.4 Å². The monoisotopic (exact) mass is 326 g/mol. The first-order chi connectivity index (χ1) is 11.1. The van der Waals surface area contributed by atoms with Crippen LogP contribution in [0.25, 0.3) is 5.69 Å². The lowest BCUT2D eigenvalue weighted by atomic mass is 10.2. The van der Waals surface area contributed by atoms with Crippen LogP contribution in [-0.2, 0) is 10.8 Å². The summed E-state index contributed by atoms with van der Waals surface area (Å²) in [6.45, 7) is 0. The van der Waals surface area contributed by atoms with Crippen LogP contribution in [0.1, 0.15) is 10.5 Å². The van der Waals surface area contributed by atoms with Crippen LogP contribution >= 0.6 is 0 Å². The molecule has 3 aromatic rings. The highest BCUT2D eigenvalue weighted by Crippen LogP contribution is 2.14. The summed E-state index contributed by atoms with van der Waals surface area (Å²) in [4.78, 5) is 17.1. The number of aromatic nitrogens is 3. The number of hydrogen-bond acceptors (Lipinski definition) is 4. The van der Waals surface area contributed by atoms with Crippen LogP contribution in [0.5, 0.6) is 0 Å². The SMILES string of the molecule is CS(=O)c1ccc(NC(=O)c2cc(-n3cccn3)ccn2)cc1. The van der Waals surface area contributed by atoms with E-state index in [1.165, 1.54) is 0 Å². The van der Waals surface area contributed by atoms with E-state index in [0.29, 0.717) is 16.3 Å². The van der Waals surface area contributed by atoms with Gasteiger partial charge in [-0.25, -0.2) is 4.68 Å². The first-order valence-corrected chi connectivity index (χ1v) is 8.40. The van der Waals surface area contributed by atoms with Gasteiger partial charge in [0.25, 0.3) is 5.91 Å². The Morgan fingerprint density at radius 2 is 1.96 bits per heavy atom. The summed E-state index contributed by atoms with van der Waals surface area (Å²) >= 11 is 0. The summed E-state index contributed by atoms with van der Waals surface area (Å²) in [5.74, 6) is -0.315. The van der Waals surface area contributed by atoms with Crippen molar-refractivity contribution in [1.82, 2.24) is 14.8 Å². The normalized spacial score (nSPS) is 11.9. The standard InChI is InChI=1S/C16H14N4O2S/c1-23(22)14-5-3-12(4-6-14)19-16(21)15-11-13(7-9-17-15)20-10-2-8-18-20/h2-11H,1H3,(H,19,21). The van der Waals surface area contributed by atoms with Crippen LogP contribution in [0.4, 0.5) is 5.69 Å². The number of hydrogen-bond donors (Lipinski definition) is 1. The van der Waals surface area contributed by atoms with Gasteiger partial charge in [-0.2, -0.15) is 5.10 Å². The van der Waals surface area contributed by atoms with Crippen LogP contribution in [0, 0.1) is 0 Å². The maximum atomic E-state index is 12.3. The summed E-state index contributed by atoms with van der Waals surface area (Å²) in [6.07, 6.45) is 6.63. The van der Waals surface area contributed by atoms with E-state index in [9.17, 15) is 9.00 Å². The van der Waals surface area contributed by atoms with Crippen molar-refractivity contribution >= 4 is 22.4 Å². The van der Waals surface area contributed by atoms with Crippen molar-refractivity contribution in [3.05, 3.63) is 66.7 Å². The van der Waals surface area contributed by atoms with Gasteiger partial charge in [-0.3, -0.25) is 14.0 Å². The molecule has 1 aromatic carbocycles. The third kappa shape index (κ3) is 3.51.